The summed E-state index contributed by atoms with van der Waals surface area (Å²) in [6.07, 6.45) is 1.66. The van der Waals surface area contributed by atoms with Gasteiger partial charge < -0.3 is 10.1 Å². The molecule has 0 aliphatic heterocycles. The highest BCUT2D eigenvalue weighted by Gasteiger charge is 2.22. The lowest BCUT2D eigenvalue weighted by Gasteiger charge is -2.22. The topological polar surface area (TPSA) is 67.4 Å². The molecule has 1 atom stereocenters. The first-order valence-corrected chi connectivity index (χ1v) is 9.65. The summed E-state index contributed by atoms with van der Waals surface area (Å²) < 4.78 is 5.46. The maximum atomic E-state index is 13.2. The lowest BCUT2D eigenvalue weighted by molar-refractivity contribution is 0.0984. The number of ether oxygens (including phenoxy) is 1. The van der Waals surface area contributed by atoms with E-state index in [4.69, 9.17) is 4.74 Å². The van der Waals surface area contributed by atoms with E-state index in [-0.39, 0.29) is 11.9 Å². The molecule has 0 fully saturated rings. The average molecular weight is 390 g/mol. The number of nitrogens with zero attached hydrogens (tertiary/aromatic N) is 3. The molecule has 0 saturated heterocycles. The van der Waals surface area contributed by atoms with Gasteiger partial charge in [-0.3, -0.25) is 9.69 Å². The first-order valence-electron chi connectivity index (χ1n) is 9.65. The zero-order chi connectivity index (χ0) is 20.8. The largest absolute Gasteiger partial charge is 0.496 e. The fourth-order valence-electron chi connectivity index (χ4n) is 3.23. The summed E-state index contributed by atoms with van der Waals surface area (Å²) in [5, 5.41) is 3.30. The summed E-state index contributed by atoms with van der Waals surface area (Å²) >= 11 is 0. The van der Waals surface area contributed by atoms with Crippen LogP contribution in [0.2, 0.25) is 0 Å². The lowest BCUT2D eigenvalue weighted by Crippen LogP contribution is -2.32. The van der Waals surface area contributed by atoms with Crippen molar-refractivity contribution in [2.24, 2.45) is 0 Å². The second kappa shape index (κ2) is 9.19. The van der Waals surface area contributed by atoms with Crippen LogP contribution in [-0.2, 0) is 0 Å². The number of aromatic nitrogens is 2. The number of rotatable bonds is 7. The maximum absolute atomic E-state index is 13.2. The average Bonchev–Trinajstić information content (AvgIpc) is 2.75. The number of aryl methyl sites for hydroxylation is 1. The number of amides is 1. The predicted octanol–water partition coefficient (Wildman–Crippen LogP) is 4.63. The molecule has 1 N–H and O–H groups in total. The third kappa shape index (κ3) is 4.54. The fourth-order valence-corrected chi connectivity index (χ4v) is 3.23. The highest BCUT2D eigenvalue weighted by Crippen LogP contribution is 2.26. The Labute approximate surface area is 171 Å². The summed E-state index contributed by atoms with van der Waals surface area (Å²) in [6.45, 7) is 6.36. The monoisotopic (exact) mass is 390 g/mol. The van der Waals surface area contributed by atoms with Crippen molar-refractivity contribution in [3.8, 4) is 5.75 Å². The van der Waals surface area contributed by atoms with Crippen LogP contribution in [0.25, 0.3) is 0 Å². The third-order valence-corrected chi connectivity index (χ3v) is 4.77. The van der Waals surface area contributed by atoms with Crippen LogP contribution in [0.5, 0.6) is 5.75 Å². The van der Waals surface area contributed by atoms with Crippen molar-refractivity contribution in [2.75, 3.05) is 23.9 Å². The van der Waals surface area contributed by atoms with Crippen LogP contribution >= 0.6 is 0 Å². The molecule has 0 bridgehead atoms. The first-order chi connectivity index (χ1) is 14.0. The van der Waals surface area contributed by atoms with Crippen molar-refractivity contribution in [1.82, 2.24) is 9.97 Å². The normalized spacial score (nSPS) is 11.6. The Morgan fingerprint density at radius 3 is 2.59 bits per heavy atom. The summed E-state index contributed by atoms with van der Waals surface area (Å²) in [4.78, 5) is 23.7. The van der Waals surface area contributed by atoms with Crippen LogP contribution in [0.1, 0.15) is 41.4 Å². The van der Waals surface area contributed by atoms with Crippen molar-refractivity contribution >= 4 is 17.7 Å². The molecule has 0 saturated carbocycles. The van der Waals surface area contributed by atoms with Gasteiger partial charge in [0, 0.05) is 12.7 Å². The van der Waals surface area contributed by atoms with Crippen LogP contribution < -0.4 is 15.0 Å². The van der Waals surface area contributed by atoms with E-state index in [0.29, 0.717) is 29.6 Å². The van der Waals surface area contributed by atoms with Gasteiger partial charge in [0.2, 0.25) is 5.95 Å². The van der Waals surface area contributed by atoms with Crippen molar-refractivity contribution in [3.63, 3.8) is 0 Å². The second-order valence-corrected chi connectivity index (χ2v) is 6.72. The molecular formula is C23H26N4O2. The number of benzene rings is 2. The van der Waals surface area contributed by atoms with Crippen molar-refractivity contribution in [2.45, 2.75) is 26.8 Å². The molecule has 1 aromatic heterocycles. The van der Waals surface area contributed by atoms with Crippen LogP contribution in [-0.4, -0.2) is 29.5 Å². The number of hydrogen-bond donors (Lipinski definition) is 1. The van der Waals surface area contributed by atoms with E-state index in [1.54, 1.807) is 30.3 Å². The molecule has 0 aliphatic rings. The Balaban J connectivity index is 1.86. The molecule has 3 aromatic rings. The van der Waals surface area contributed by atoms with E-state index < -0.39 is 0 Å². The fraction of sp³-hybridized carbons (Fsp3) is 0.261. The molecule has 0 aliphatic carbocycles. The van der Waals surface area contributed by atoms with Gasteiger partial charge in [-0.1, -0.05) is 42.5 Å². The van der Waals surface area contributed by atoms with Crippen LogP contribution in [0.4, 0.5) is 11.8 Å². The van der Waals surface area contributed by atoms with Crippen LogP contribution in [0, 0.1) is 6.92 Å². The molecule has 1 amide bonds. The molecule has 150 valence electrons. The van der Waals surface area contributed by atoms with Gasteiger partial charge in [0.25, 0.3) is 5.91 Å². The zero-order valence-corrected chi connectivity index (χ0v) is 17.2. The summed E-state index contributed by atoms with van der Waals surface area (Å²) in [6, 6.07) is 17.4. The molecule has 0 spiro atoms. The molecular weight excluding hydrogens is 364 g/mol. The van der Waals surface area contributed by atoms with Gasteiger partial charge in [-0.05, 0) is 44.0 Å². The predicted molar refractivity (Wildman–Crippen MR) is 116 cm³/mol. The number of carbonyl (C=O) groups excluding carboxylic acids is 1. The molecule has 6 nitrogen and oxygen atoms in total. The zero-order valence-electron chi connectivity index (χ0n) is 17.2. The Kier molecular flexibility index (Phi) is 6.44. The number of para-hydroxylation sites is 1. The van der Waals surface area contributed by atoms with Crippen LogP contribution in [0.3, 0.4) is 0 Å². The Bertz CT molecular complexity index is 976. The van der Waals surface area contributed by atoms with E-state index in [0.717, 1.165) is 11.1 Å². The molecule has 3 rings (SSSR count). The number of methoxy groups -OCH3 is 1. The Hall–Kier alpha value is -3.41. The van der Waals surface area contributed by atoms with Gasteiger partial charge in [-0.25, -0.2) is 4.98 Å². The van der Waals surface area contributed by atoms with Crippen molar-refractivity contribution in [3.05, 3.63) is 77.5 Å². The number of nitrogens with one attached hydrogen (secondary N) is 1. The van der Waals surface area contributed by atoms with Crippen molar-refractivity contribution < 1.29 is 9.53 Å². The molecule has 0 radical (unpaired) electrons. The smallest absolute Gasteiger partial charge is 0.263 e. The first kappa shape index (κ1) is 20.3. The van der Waals surface area contributed by atoms with Crippen LogP contribution in [0.15, 0.2) is 60.8 Å². The van der Waals surface area contributed by atoms with Gasteiger partial charge in [0.05, 0.1) is 18.7 Å². The van der Waals surface area contributed by atoms with E-state index in [2.05, 4.69) is 15.3 Å². The second-order valence-electron chi connectivity index (χ2n) is 6.72. The molecule has 6 heteroatoms. The standard InChI is InChI=1S/C23H26N4O2/c1-5-27(22(28)19-13-9-10-16(2)21(19)29-4)20-14-15-24-23(26-20)25-17(3)18-11-7-6-8-12-18/h6-15,17H,5H2,1-4H3,(H,24,25,26)/t17-/m0/s1. The van der Waals surface area contributed by atoms with Crippen molar-refractivity contribution in [1.29, 1.82) is 0 Å². The molecule has 2 aromatic carbocycles. The number of anilines is 2. The minimum Gasteiger partial charge on any atom is -0.496 e. The maximum Gasteiger partial charge on any atom is 0.263 e. The molecule has 1 heterocycles. The van der Waals surface area contributed by atoms with E-state index >= 15 is 0 Å². The third-order valence-electron chi connectivity index (χ3n) is 4.77. The van der Waals surface area contributed by atoms with E-state index in [9.17, 15) is 4.79 Å². The van der Waals surface area contributed by atoms with E-state index in [1.807, 2.05) is 63.2 Å². The quantitative estimate of drug-likeness (QED) is 0.637. The summed E-state index contributed by atoms with van der Waals surface area (Å²) in [7, 11) is 1.58. The van der Waals surface area contributed by atoms with Gasteiger partial charge in [-0.2, -0.15) is 4.98 Å². The van der Waals surface area contributed by atoms with Gasteiger partial charge in [0.1, 0.15) is 11.6 Å². The molecule has 0 unspecified atom stereocenters. The minimum atomic E-state index is -0.159. The SMILES string of the molecule is CCN(C(=O)c1cccc(C)c1OC)c1ccnc(N[C@@H](C)c2ccccc2)n1. The summed E-state index contributed by atoms with van der Waals surface area (Å²) in [5.41, 5.74) is 2.56. The number of hydrogen-bond acceptors (Lipinski definition) is 5. The highest BCUT2D eigenvalue weighted by atomic mass is 16.5. The van der Waals surface area contributed by atoms with Gasteiger partial charge in [0.15, 0.2) is 0 Å². The Morgan fingerprint density at radius 1 is 1.14 bits per heavy atom. The highest BCUT2D eigenvalue weighted by molar-refractivity contribution is 6.07. The minimum absolute atomic E-state index is 0.0362. The molecule has 29 heavy (non-hydrogen) atoms. The summed E-state index contributed by atoms with van der Waals surface area (Å²) in [5.74, 6) is 1.44. The Morgan fingerprint density at radius 2 is 1.90 bits per heavy atom. The lowest BCUT2D eigenvalue weighted by atomic mass is 10.1. The van der Waals surface area contributed by atoms with E-state index in [1.165, 1.54) is 0 Å². The van der Waals surface area contributed by atoms with Gasteiger partial charge in [-0.15, -0.1) is 0 Å². The number of carbonyl (C=O) groups is 1. The van der Waals surface area contributed by atoms with Gasteiger partial charge >= 0.3 is 0 Å².